The van der Waals surface area contributed by atoms with Crippen LogP contribution in [-0.4, -0.2) is 6.41 Å². The molecule has 0 atom stereocenters. The van der Waals surface area contributed by atoms with Gasteiger partial charge in [0.15, 0.2) is 11.5 Å². The molecular weight excluding hydrogens is 238 g/mol. The lowest BCUT2D eigenvalue weighted by atomic mass is 10.2. The molecule has 1 amide bonds. The molecule has 2 aromatic carbocycles. The van der Waals surface area contributed by atoms with Crippen LogP contribution in [0.5, 0.6) is 11.5 Å². The molecule has 0 aliphatic carbocycles. The lowest BCUT2D eigenvalue weighted by Gasteiger charge is -2.28. The van der Waals surface area contributed by atoms with Crippen LogP contribution < -0.4 is 9.64 Å². The summed E-state index contributed by atoms with van der Waals surface area (Å²) < 4.78 is 5.71. The van der Waals surface area contributed by atoms with Crippen molar-refractivity contribution in [2.24, 2.45) is 0 Å². The van der Waals surface area contributed by atoms with Crippen LogP contribution in [-0.2, 0) is 4.79 Å². The van der Waals surface area contributed by atoms with Gasteiger partial charge in [-0.3, -0.25) is 9.69 Å². The molecule has 0 fully saturated rings. The van der Waals surface area contributed by atoms with E-state index in [4.69, 9.17) is 16.3 Å². The number of amides is 1. The summed E-state index contributed by atoms with van der Waals surface area (Å²) in [6.07, 6.45) is 0.760. The van der Waals surface area contributed by atoms with Gasteiger partial charge in [0.25, 0.3) is 0 Å². The Morgan fingerprint density at radius 2 is 1.82 bits per heavy atom. The summed E-state index contributed by atoms with van der Waals surface area (Å²) >= 11 is 5.93. The van der Waals surface area contributed by atoms with E-state index in [1.165, 1.54) is 4.90 Å². The number of hydrogen-bond acceptors (Lipinski definition) is 2. The van der Waals surface area contributed by atoms with Crippen molar-refractivity contribution < 1.29 is 9.53 Å². The molecule has 2 aromatic rings. The third-order valence-electron chi connectivity index (χ3n) is 2.63. The van der Waals surface area contributed by atoms with Crippen LogP contribution in [0.25, 0.3) is 0 Å². The van der Waals surface area contributed by atoms with Crippen LogP contribution in [0.15, 0.2) is 42.5 Å². The number of halogens is 1. The number of hydrogen-bond donors (Lipinski definition) is 0. The Labute approximate surface area is 103 Å². The van der Waals surface area contributed by atoms with Crippen molar-refractivity contribution in [3.63, 3.8) is 0 Å². The summed E-state index contributed by atoms with van der Waals surface area (Å²) in [5, 5.41) is 0.568. The number of para-hydroxylation sites is 2. The third-order valence-corrected chi connectivity index (χ3v) is 2.87. The zero-order valence-electron chi connectivity index (χ0n) is 8.76. The van der Waals surface area contributed by atoms with E-state index in [1.54, 1.807) is 18.2 Å². The quantitative estimate of drug-likeness (QED) is 0.717. The lowest BCUT2D eigenvalue weighted by molar-refractivity contribution is -0.106. The van der Waals surface area contributed by atoms with Crippen molar-refractivity contribution in [2.75, 3.05) is 4.90 Å². The number of rotatable bonds is 1. The molecule has 0 N–H and O–H groups in total. The Balaban J connectivity index is 2.22. The number of carbonyl (C=O) groups excluding carboxylic acids is 1. The van der Waals surface area contributed by atoms with Gasteiger partial charge in [-0.05, 0) is 30.3 Å². The monoisotopic (exact) mass is 245 g/mol. The van der Waals surface area contributed by atoms with Crippen LogP contribution in [0.3, 0.4) is 0 Å². The second-order valence-electron chi connectivity index (χ2n) is 3.66. The third kappa shape index (κ3) is 1.56. The van der Waals surface area contributed by atoms with Gasteiger partial charge in [0.1, 0.15) is 0 Å². The molecule has 0 spiro atoms. The Morgan fingerprint density at radius 3 is 2.65 bits per heavy atom. The lowest BCUT2D eigenvalue weighted by Crippen LogP contribution is -2.18. The molecule has 0 saturated heterocycles. The second kappa shape index (κ2) is 3.79. The normalized spacial score (nSPS) is 12.4. The highest BCUT2D eigenvalue weighted by atomic mass is 35.5. The summed E-state index contributed by atoms with van der Waals surface area (Å²) in [5.74, 6) is 1.29. The molecule has 0 unspecified atom stereocenters. The van der Waals surface area contributed by atoms with Gasteiger partial charge >= 0.3 is 0 Å². The maximum absolute atomic E-state index is 11.2. The predicted octanol–water partition coefficient (Wildman–Crippen LogP) is 3.74. The second-order valence-corrected chi connectivity index (χ2v) is 4.09. The Bertz CT molecular complexity index is 598. The van der Waals surface area contributed by atoms with E-state index in [1.807, 2.05) is 24.3 Å². The van der Waals surface area contributed by atoms with Crippen LogP contribution in [0.4, 0.5) is 11.4 Å². The number of nitrogens with zero attached hydrogens (tertiary/aromatic N) is 1. The Kier molecular flexibility index (Phi) is 2.27. The van der Waals surface area contributed by atoms with E-state index in [2.05, 4.69) is 0 Å². The number of benzene rings is 2. The van der Waals surface area contributed by atoms with Crippen LogP contribution in [0.2, 0.25) is 5.02 Å². The average Bonchev–Trinajstić information content (AvgIpc) is 2.36. The maximum Gasteiger partial charge on any atom is 0.218 e. The Hall–Kier alpha value is -2.00. The first-order valence-corrected chi connectivity index (χ1v) is 5.48. The highest BCUT2D eigenvalue weighted by molar-refractivity contribution is 6.31. The first-order chi connectivity index (χ1) is 8.29. The van der Waals surface area contributed by atoms with Crippen LogP contribution in [0, 0.1) is 0 Å². The first-order valence-electron chi connectivity index (χ1n) is 5.10. The molecule has 84 valence electrons. The highest BCUT2D eigenvalue weighted by Crippen LogP contribution is 2.46. The van der Waals surface area contributed by atoms with Gasteiger partial charge in [-0.25, -0.2) is 0 Å². The summed E-state index contributed by atoms with van der Waals surface area (Å²) in [4.78, 5) is 12.8. The molecule has 0 radical (unpaired) electrons. The zero-order chi connectivity index (χ0) is 11.8. The van der Waals surface area contributed by atoms with Crippen molar-refractivity contribution in [1.82, 2.24) is 0 Å². The first kappa shape index (κ1) is 10.2. The van der Waals surface area contributed by atoms with E-state index in [-0.39, 0.29) is 0 Å². The van der Waals surface area contributed by atoms with Crippen molar-refractivity contribution in [1.29, 1.82) is 0 Å². The number of ether oxygens (including phenoxy) is 1. The number of fused-ring (bicyclic) bond motifs is 2. The molecule has 0 bridgehead atoms. The van der Waals surface area contributed by atoms with E-state index < -0.39 is 0 Å². The summed E-state index contributed by atoms with van der Waals surface area (Å²) in [5.41, 5.74) is 1.38. The van der Waals surface area contributed by atoms with Gasteiger partial charge in [-0.1, -0.05) is 23.7 Å². The molecule has 0 aromatic heterocycles. The van der Waals surface area contributed by atoms with Crippen LogP contribution >= 0.6 is 11.6 Å². The van der Waals surface area contributed by atoms with Crippen molar-refractivity contribution >= 4 is 29.4 Å². The largest absolute Gasteiger partial charge is 0.453 e. The predicted molar refractivity (Wildman–Crippen MR) is 66.2 cm³/mol. The zero-order valence-corrected chi connectivity index (χ0v) is 9.52. The number of anilines is 2. The molecule has 3 nitrogen and oxygen atoms in total. The molecule has 1 aliphatic heterocycles. The highest BCUT2D eigenvalue weighted by Gasteiger charge is 2.23. The van der Waals surface area contributed by atoms with Crippen LogP contribution in [0.1, 0.15) is 0 Å². The maximum atomic E-state index is 11.2. The van der Waals surface area contributed by atoms with Gasteiger partial charge in [0.2, 0.25) is 6.41 Å². The summed E-state index contributed by atoms with van der Waals surface area (Å²) in [6.45, 7) is 0. The topological polar surface area (TPSA) is 29.5 Å². The fourth-order valence-electron chi connectivity index (χ4n) is 1.87. The van der Waals surface area contributed by atoms with Crippen molar-refractivity contribution in [2.45, 2.75) is 0 Å². The molecule has 4 heteroatoms. The molecular formula is C13H8ClNO2. The van der Waals surface area contributed by atoms with E-state index >= 15 is 0 Å². The summed E-state index contributed by atoms with van der Waals surface area (Å²) in [6, 6.07) is 12.6. The molecule has 17 heavy (non-hydrogen) atoms. The summed E-state index contributed by atoms with van der Waals surface area (Å²) in [7, 11) is 0. The van der Waals surface area contributed by atoms with Gasteiger partial charge in [-0.15, -0.1) is 0 Å². The molecule has 1 aliphatic rings. The Morgan fingerprint density at radius 1 is 1.06 bits per heavy atom. The fraction of sp³-hybridized carbons (Fsp3) is 0. The minimum Gasteiger partial charge on any atom is -0.453 e. The SMILES string of the molecule is O=CN1c2ccccc2Oc2ccc(Cl)cc21. The fourth-order valence-corrected chi connectivity index (χ4v) is 2.04. The number of carbonyl (C=O) groups is 1. The molecule has 3 rings (SSSR count). The minimum atomic E-state index is 0.568. The van der Waals surface area contributed by atoms with Gasteiger partial charge < -0.3 is 4.74 Å². The van der Waals surface area contributed by atoms with Gasteiger partial charge in [0.05, 0.1) is 11.4 Å². The van der Waals surface area contributed by atoms with E-state index in [9.17, 15) is 4.79 Å². The van der Waals surface area contributed by atoms with Gasteiger partial charge in [-0.2, -0.15) is 0 Å². The van der Waals surface area contributed by atoms with Gasteiger partial charge in [0, 0.05) is 5.02 Å². The smallest absolute Gasteiger partial charge is 0.218 e. The van der Waals surface area contributed by atoms with Crippen molar-refractivity contribution in [3.05, 3.63) is 47.5 Å². The molecule has 0 saturated carbocycles. The molecule has 1 heterocycles. The van der Waals surface area contributed by atoms with Crippen molar-refractivity contribution in [3.8, 4) is 11.5 Å². The minimum absolute atomic E-state index is 0.568. The van der Waals surface area contributed by atoms with E-state index in [0.717, 1.165) is 12.1 Å². The van der Waals surface area contributed by atoms with E-state index in [0.29, 0.717) is 22.2 Å². The standard InChI is InChI=1S/C13H8ClNO2/c14-9-5-6-13-11(7-9)15(8-16)10-3-1-2-4-12(10)17-13/h1-8H. The average molecular weight is 246 g/mol.